The van der Waals surface area contributed by atoms with Crippen molar-refractivity contribution in [3.63, 3.8) is 0 Å². The number of aromatic nitrogens is 5. The van der Waals surface area contributed by atoms with Crippen LogP contribution in [0.5, 0.6) is 0 Å². The molecule has 1 saturated carbocycles. The number of pyridine rings is 2. The van der Waals surface area contributed by atoms with Crippen LogP contribution in [-0.4, -0.2) is 37.2 Å². The van der Waals surface area contributed by atoms with E-state index in [1.54, 1.807) is 19.1 Å². The number of benzene rings is 1. The lowest BCUT2D eigenvalue weighted by Crippen LogP contribution is -2.35. The third kappa shape index (κ3) is 5.43. The van der Waals surface area contributed by atoms with E-state index in [0.29, 0.717) is 33.5 Å². The Morgan fingerprint density at radius 1 is 1.05 bits per heavy atom. The molecule has 0 saturated heterocycles. The monoisotopic (exact) mass is 591 g/mol. The van der Waals surface area contributed by atoms with Gasteiger partial charge in [-0.15, -0.1) is 5.10 Å². The molecule has 222 valence electrons. The van der Waals surface area contributed by atoms with Gasteiger partial charge < -0.3 is 10.6 Å². The Morgan fingerprint density at radius 3 is 2.33 bits per heavy atom. The molecule has 2 atom stereocenters. The number of hydrogen-bond donors (Lipinski definition) is 2. The van der Waals surface area contributed by atoms with Crippen molar-refractivity contribution in [2.75, 3.05) is 10.6 Å². The summed E-state index contributed by atoms with van der Waals surface area (Å²) in [6.45, 7) is 9.72. The van der Waals surface area contributed by atoms with E-state index in [0.717, 1.165) is 10.7 Å². The molecule has 3 heterocycles. The summed E-state index contributed by atoms with van der Waals surface area (Å²) in [4.78, 5) is 8.27. The van der Waals surface area contributed by atoms with Crippen molar-refractivity contribution in [1.82, 2.24) is 25.0 Å². The summed E-state index contributed by atoms with van der Waals surface area (Å²) in [6, 6.07) is 9.21. The van der Waals surface area contributed by atoms with Crippen molar-refractivity contribution in [2.24, 2.45) is 5.41 Å². The van der Waals surface area contributed by atoms with Gasteiger partial charge in [-0.1, -0.05) is 32.1 Å². The van der Waals surface area contributed by atoms with Crippen LogP contribution in [-0.2, 0) is 5.54 Å². The van der Waals surface area contributed by atoms with Crippen LogP contribution < -0.4 is 10.6 Å². The van der Waals surface area contributed by atoms with Gasteiger partial charge in [0.15, 0.2) is 5.54 Å². The predicted octanol–water partition coefficient (Wildman–Crippen LogP) is 6.51. The van der Waals surface area contributed by atoms with Gasteiger partial charge in [0, 0.05) is 34.6 Å². The number of nitrogens with zero attached hydrogens (tertiary/aromatic N) is 7. The van der Waals surface area contributed by atoms with Crippen molar-refractivity contribution in [2.45, 2.75) is 71.3 Å². The largest absolute Gasteiger partial charge is 0.413 e. The van der Waals surface area contributed by atoms with Crippen LogP contribution in [0.2, 0.25) is 0 Å². The zero-order valence-corrected chi connectivity index (χ0v) is 24.2. The van der Waals surface area contributed by atoms with E-state index in [2.05, 4.69) is 63.8 Å². The number of anilines is 2. The van der Waals surface area contributed by atoms with Crippen LogP contribution in [0, 0.1) is 40.9 Å². The van der Waals surface area contributed by atoms with E-state index in [-0.39, 0.29) is 41.1 Å². The fourth-order valence-corrected chi connectivity index (χ4v) is 4.85. The molecule has 3 aromatic heterocycles. The topological polar surface area (TPSA) is 128 Å². The average molecular weight is 592 g/mol. The number of aryl methyl sites for hydroxylation is 1. The third-order valence-electron chi connectivity index (χ3n) is 8.08. The number of rotatable bonds is 7. The minimum Gasteiger partial charge on any atom is -0.380 e. The zero-order chi connectivity index (χ0) is 31.3. The maximum absolute atomic E-state index is 14.0. The predicted molar refractivity (Wildman–Crippen MR) is 151 cm³/mol. The Labute approximate surface area is 245 Å². The summed E-state index contributed by atoms with van der Waals surface area (Å²) in [6.07, 6.45) is -2.08. The summed E-state index contributed by atoms with van der Waals surface area (Å²) in [5, 5.41) is 35.0. The Kier molecular flexibility index (Phi) is 7.25. The molecule has 0 radical (unpaired) electrons. The molecule has 4 aromatic rings. The summed E-state index contributed by atoms with van der Waals surface area (Å²) in [5.74, 6) is -0.714. The van der Waals surface area contributed by atoms with E-state index < -0.39 is 23.7 Å². The van der Waals surface area contributed by atoms with E-state index in [4.69, 9.17) is 0 Å². The first kappa shape index (κ1) is 29.7. The number of alkyl halides is 3. The third-order valence-corrected chi connectivity index (χ3v) is 8.08. The molecule has 13 heteroatoms. The summed E-state index contributed by atoms with van der Waals surface area (Å²) in [7, 11) is 0. The average Bonchev–Trinajstić information content (AvgIpc) is 3.62. The molecule has 1 aromatic carbocycles. The highest BCUT2D eigenvalue weighted by Gasteiger charge is 2.66. The van der Waals surface area contributed by atoms with Gasteiger partial charge in [0.05, 0.1) is 34.6 Å². The van der Waals surface area contributed by atoms with Crippen molar-refractivity contribution in [3.05, 3.63) is 70.7 Å². The van der Waals surface area contributed by atoms with Gasteiger partial charge in [0.2, 0.25) is 5.95 Å². The Hall–Kier alpha value is -4.78. The Bertz CT molecular complexity index is 1790. The molecule has 1 unspecified atom stereocenters. The molecule has 1 aliphatic rings. The van der Waals surface area contributed by atoms with Crippen LogP contribution in [0.1, 0.15) is 74.7 Å². The minimum absolute atomic E-state index is 0.0774. The zero-order valence-electron chi connectivity index (χ0n) is 24.2. The maximum atomic E-state index is 14.0. The first-order chi connectivity index (χ1) is 20.2. The second-order valence-electron chi connectivity index (χ2n) is 11.9. The number of fused-ring (bicyclic) bond motifs is 1. The van der Waals surface area contributed by atoms with Crippen LogP contribution in [0.4, 0.5) is 28.9 Å². The molecule has 5 rings (SSSR count). The molecule has 0 amide bonds. The quantitative estimate of drug-likeness (QED) is 0.184. The van der Waals surface area contributed by atoms with E-state index in [9.17, 15) is 28.1 Å². The van der Waals surface area contributed by atoms with E-state index >= 15 is 0 Å². The number of halogens is 4. The Morgan fingerprint density at radius 2 is 1.74 bits per heavy atom. The molecule has 0 aliphatic heterocycles. The lowest BCUT2D eigenvalue weighted by atomic mass is 9.87. The van der Waals surface area contributed by atoms with Gasteiger partial charge in [-0.3, -0.25) is 4.98 Å². The van der Waals surface area contributed by atoms with Crippen LogP contribution in [0.3, 0.4) is 0 Å². The highest BCUT2D eigenvalue weighted by atomic mass is 19.4. The molecular weight excluding hydrogens is 562 g/mol. The normalized spacial score (nSPS) is 15.8. The van der Waals surface area contributed by atoms with Crippen molar-refractivity contribution >= 4 is 22.3 Å². The number of nitriles is 2. The molecule has 0 bridgehead atoms. The standard InChI is InChI=1S/C30H29F4N9/c1-16-21(6-7-24(31)38-16)27(23-15-43(42-41-23)29(8-9-29)30(32,33)34)40-20-10-18(12-35)25-22(11-20)26(19(13-36)14-37-25)39-17(2)28(3,4)5/h6-7,10-11,14-15,17,27,40H,8-9H2,1-5H3,(H,37,39)/t17?,27-/m0/s1. The van der Waals surface area contributed by atoms with Crippen LogP contribution in [0.25, 0.3) is 10.9 Å². The number of hydrogen-bond acceptors (Lipinski definition) is 8. The van der Waals surface area contributed by atoms with Gasteiger partial charge in [-0.05, 0) is 50.3 Å². The van der Waals surface area contributed by atoms with Crippen molar-refractivity contribution < 1.29 is 17.6 Å². The molecule has 2 N–H and O–H groups in total. The first-order valence-corrected chi connectivity index (χ1v) is 13.6. The lowest BCUT2D eigenvalue weighted by Gasteiger charge is -2.30. The highest BCUT2D eigenvalue weighted by Crippen LogP contribution is 2.55. The fourth-order valence-electron chi connectivity index (χ4n) is 4.85. The van der Waals surface area contributed by atoms with Gasteiger partial charge in [0.25, 0.3) is 0 Å². The summed E-state index contributed by atoms with van der Waals surface area (Å²) in [5.41, 5.74) is 0.367. The van der Waals surface area contributed by atoms with Crippen LogP contribution in [0.15, 0.2) is 36.7 Å². The molecule has 1 fully saturated rings. The van der Waals surface area contributed by atoms with E-state index in [1.807, 2.05) is 6.92 Å². The number of nitrogens with one attached hydrogen (secondary N) is 2. The summed E-state index contributed by atoms with van der Waals surface area (Å²) >= 11 is 0. The van der Waals surface area contributed by atoms with E-state index in [1.165, 1.54) is 18.5 Å². The lowest BCUT2D eigenvalue weighted by molar-refractivity contribution is -0.182. The summed E-state index contributed by atoms with van der Waals surface area (Å²) < 4.78 is 56.3. The minimum atomic E-state index is -4.51. The van der Waals surface area contributed by atoms with Crippen LogP contribution >= 0.6 is 0 Å². The van der Waals surface area contributed by atoms with Gasteiger partial charge in [-0.2, -0.15) is 28.1 Å². The fraction of sp³-hybridized carbons (Fsp3) is 0.400. The van der Waals surface area contributed by atoms with Crippen molar-refractivity contribution in [1.29, 1.82) is 10.5 Å². The SMILES string of the molecule is Cc1nc(F)ccc1[C@H](Nc1cc(C#N)c2ncc(C#N)c(NC(C)C(C)(C)C)c2c1)c1cn(C2(C(F)(F)F)CC2)nn1. The second-order valence-corrected chi connectivity index (χ2v) is 11.9. The van der Waals surface area contributed by atoms with Crippen molar-refractivity contribution in [3.8, 4) is 12.1 Å². The molecule has 1 aliphatic carbocycles. The van der Waals surface area contributed by atoms with Gasteiger partial charge in [0.1, 0.15) is 17.8 Å². The smallest absolute Gasteiger partial charge is 0.380 e. The highest BCUT2D eigenvalue weighted by molar-refractivity contribution is 5.99. The molecular formula is C30H29F4N9. The second kappa shape index (κ2) is 10.5. The van der Waals surface area contributed by atoms with Gasteiger partial charge in [-0.25, -0.2) is 9.67 Å². The molecule has 43 heavy (non-hydrogen) atoms. The molecule has 9 nitrogen and oxygen atoms in total. The Balaban J connectivity index is 1.65. The van der Waals surface area contributed by atoms with Gasteiger partial charge >= 0.3 is 6.18 Å². The maximum Gasteiger partial charge on any atom is 0.413 e. The first-order valence-electron chi connectivity index (χ1n) is 13.6. The molecule has 0 spiro atoms.